The summed E-state index contributed by atoms with van der Waals surface area (Å²) in [4.78, 5) is 19.1. The van der Waals surface area contributed by atoms with Gasteiger partial charge in [0.1, 0.15) is 24.2 Å². The Morgan fingerprint density at radius 1 is 1.13 bits per heavy atom. The molecule has 10 nitrogen and oxygen atoms in total. The number of aliphatic hydroxyl groups excluding tert-OH is 1. The Morgan fingerprint density at radius 2 is 1.68 bits per heavy atom. The van der Waals surface area contributed by atoms with Gasteiger partial charge >= 0.3 is 11.9 Å². The highest BCUT2D eigenvalue weighted by molar-refractivity contribution is 6.30. The molecule has 0 spiro atoms. The van der Waals surface area contributed by atoms with Gasteiger partial charge in [-0.15, -0.1) is 0 Å². The summed E-state index contributed by atoms with van der Waals surface area (Å²) in [5, 5.41) is 33.2. The van der Waals surface area contributed by atoms with E-state index in [1.807, 2.05) is 13.8 Å². The summed E-state index contributed by atoms with van der Waals surface area (Å²) in [5.74, 6) is -1.13. The molecule has 0 saturated carbocycles. The van der Waals surface area contributed by atoms with Crippen molar-refractivity contribution in [3.63, 3.8) is 0 Å². The second-order valence-electron chi connectivity index (χ2n) is 6.48. The first-order valence-corrected chi connectivity index (χ1v) is 9.62. The Bertz CT molecular complexity index is 822. The van der Waals surface area contributed by atoms with E-state index < -0.39 is 18.0 Å². The van der Waals surface area contributed by atoms with Crippen LogP contribution in [0.2, 0.25) is 5.02 Å². The summed E-state index contributed by atoms with van der Waals surface area (Å²) >= 11 is 5.78. The molecule has 0 aliphatic carbocycles. The molecule has 1 unspecified atom stereocenters. The van der Waals surface area contributed by atoms with Crippen LogP contribution < -0.4 is 14.8 Å². The maximum atomic E-state index is 9.79. The number of nitrogens with zero attached hydrogens (tertiary/aromatic N) is 2. The maximum Gasteiger partial charge on any atom is 0.328 e. The standard InChI is InChI=1S/C16H22ClN3O3.C4H4O4/c1-12(2)18-8-14(21)10-22-15-3-5-16(6-4-15)23-11-20-9-13(17)7-19-20;5-3(6)1-2-4(7)8/h3-7,9,12,14,18,21H,8,10-11H2,1-2H3;1-2H,(H,5,6)(H,7,8). The van der Waals surface area contributed by atoms with E-state index in [2.05, 4.69) is 10.4 Å². The molecule has 0 saturated heterocycles. The predicted molar refractivity (Wildman–Crippen MR) is 113 cm³/mol. The molecule has 0 radical (unpaired) electrons. The minimum Gasteiger partial charge on any atom is -0.491 e. The molecule has 1 heterocycles. The number of carbonyl (C=O) groups is 2. The van der Waals surface area contributed by atoms with Crippen LogP contribution in [0.4, 0.5) is 0 Å². The molecular weight excluding hydrogens is 430 g/mol. The lowest BCUT2D eigenvalue weighted by Gasteiger charge is -2.15. The van der Waals surface area contributed by atoms with Crippen molar-refractivity contribution in [2.75, 3.05) is 13.2 Å². The van der Waals surface area contributed by atoms with Crippen molar-refractivity contribution in [3.05, 3.63) is 53.8 Å². The fourth-order valence-corrected chi connectivity index (χ4v) is 2.10. The highest BCUT2D eigenvalue weighted by Gasteiger charge is 2.06. The van der Waals surface area contributed by atoms with Crippen molar-refractivity contribution in [3.8, 4) is 11.5 Å². The molecular formula is C20H26ClN3O7. The number of aliphatic carboxylic acids is 2. The summed E-state index contributed by atoms with van der Waals surface area (Å²) < 4.78 is 12.7. The Hall–Kier alpha value is -3.08. The molecule has 2 rings (SSSR count). The molecule has 11 heteroatoms. The molecule has 1 aromatic carbocycles. The normalized spacial score (nSPS) is 11.6. The molecule has 0 fully saturated rings. The van der Waals surface area contributed by atoms with Gasteiger partial charge in [-0.1, -0.05) is 25.4 Å². The van der Waals surface area contributed by atoms with Crippen molar-refractivity contribution < 1.29 is 34.4 Å². The van der Waals surface area contributed by atoms with Gasteiger partial charge < -0.3 is 30.1 Å². The average Bonchev–Trinajstić information content (AvgIpc) is 3.14. The summed E-state index contributed by atoms with van der Waals surface area (Å²) in [6, 6.07) is 7.55. The lowest BCUT2D eigenvalue weighted by Crippen LogP contribution is -2.35. The average molecular weight is 456 g/mol. The second kappa shape index (κ2) is 14.0. The van der Waals surface area contributed by atoms with Gasteiger partial charge in [-0.05, 0) is 24.3 Å². The minimum absolute atomic E-state index is 0.242. The fourth-order valence-electron chi connectivity index (χ4n) is 1.95. The first-order chi connectivity index (χ1) is 14.7. The number of hydrogen-bond acceptors (Lipinski definition) is 7. The molecule has 0 amide bonds. The van der Waals surface area contributed by atoms with E-state index in [9.17, 15) is 14.7 Å². The van der Waals surface area contributed by atoms with E-state index in [4.69, 9.17) is 31.3 Å². The van der Waals surface area contributed by atoms with Crippen molar-refractivity contribution >= 4 is 23.5 Å². The van der Waals surface area contributed by atoms with Crippen LogP contribution in [-0.4, -0.2) is 62.3 Å². The zero-order valence-corrected chi connectivity index (χ0v) is 17.9. The van der Waals surface area contributed by atoms with E-state index in [1.54, 1.807) is 41.3 Å². The van der Waals surface area contributed by atoms with E-state index in [-0.39, 0.29) is 13.3 Å². The molecule has 0 aliphatic rings. The number of carboxylic acids is 2. The van der Waals surface area contributed by atoms with Crippen molar-refractivity contribution in [1.29, 1.82) is 0 Å². The Morgan fingerprint density at radius 3 is 2.13 bits per heavy atom. The third kappa shape index (κ3) is 13.0. The Balaban J connectivity index is 0.000000512. The highest BCUT2D eigenvalue weighted by Crippen LogP contribution is 2.18. The number of halogens is 1. The molecule has 1 aromatic heterocycles. The second-order valence-corrected chi connectivity index (χ2v) is 6.92. The molecule has 2 aromatic rings. The van der Waals surface area contributed by atoms with E-state index >= 15 is 0 Å². The monoisotopic (exact) mass is 455 g/mol. The quantitative estimate of drug-likeness (QED) is 0.374. The highest BCUT2D eigenvalue weighted by atomic mass is 35.5. The molecule has 31 heavy (non-hydrogen) atoms. The largest absolute Gasteiger partial charge is 0.491 e. The Kier molecular flexibility index (Phi) is 11.7. The molecule has 170 valence electrons. The van der Waals surface area contributed by atoms with Gasteiger partial charge in [0.05, 0.1) is 11.2 Å². The van der Waals surface area contributed by atoms with Gasteiger partial charge in [-0.25, -0.2) is 14.3 Å². The van der Waals surface area contributed by atoms with Crippen LogP contribution in [0.3, 0.4) is 0 Å². The summed E-state index contributed by atoms with van der Waals surface area (Å²) in [6.07, 6.45) is 3.82. The van der Waals surface area contributed by atoms with Crippen LogP contribution in [0.5, 0.6) is 11.5 Å². The number of ether oxygens (including phenoxy) is 2. The number of benzene rings is 1. The number of aromatic nitrogens is 2. The van der Waals surface area contributed by atoms with Gasteiger partial charge in [0, 0.05) is 30.9 Å². The van der Waals surface area contributed by atoms with Gasteiger partial charge in [-0.2, -0.15) is 5.10 Å². The summed E-state index contributed by atoms with van der Waals surface area (Å²) in [7, 11) is 0. The smallest absolute Gasteiger partial charge is 0.328 e. The number of carboxylic acid groups (broad SMARTS) is 2. The zero-order valence-electron chi connectivity index (χ0n) is 17.1. The van der Waals surface area contributed by atoms with E-state index in [0.717, 1.165) is 0 Å². The summed E-state index contributed by atoms with van der Waals surface area (Å²) in [5.41, 5.74) is 0. The third-order valence-corrected chi connectivity index (χ3v) is 3.56. The number of aliphatic hydroxyl groups is 1. The lowest BCUT2D eigenvalue weighted by molar-refractivity contribution is -0.134. The van der Waals surface area contributed by atoms with Crippen LogP contribution in [-0.2, 0) is 16.3 Å². The van der Waals surface area contributed by atoms with Crippen LogP contribution in [0.25, 0.3) is 0 Å². The first kappa shape index (κ1) is 26.0. The lowest BCUT2D eigenvalue weighted by atomic mass is 10.3. The SMILES string of the molecule is CC(C)NCC(O)COc1ccc(OCn2cc(Cl)cn2)cc1.O=C(O)C=CC(=O)O. The molecule has 4 N–H and O–H groups in total. The van der Waals surface area contributed by atoms with E-state index in [1.165, 1.54) is 0 Å². The maximum absolute atomic E-state index is 9.79. The molecule has 0 aliphatic heterocycles. The van der Waals surface area contributed by atoms with Crippen molar-refractivity contribution in [2.24, 2.45) is 0 Å². The molecule has 1 atom stereocenters. The van der Waals surface area contributed by atoms with Gasteiger partial charge in [0.15, 0.2) is 6.73 Å². The predicted octanol–water partition coefficient (Wildman–Crippen LogP) is 2.02. The van der Waals surface area contributed by atoms with Gasteiger partial charge in [-0.3, -0.25) is 0 Å². The van der Waals surface area contributed by atoms with Crippen LogP contribution in [0.1, 0.15) is 13.8 Å². The number of nitrogens with one attached hydrogen (secondary N) is 1. The number of rotatable bonds is 11. The molecule has 0 bridgehead atoms. The van der Waals surface area contributed by atoms with Gasteiger partial charge in [0.2, 0.25) is 0 Å². The minimum atomic E-state index is -1.26. The Labute approximate surface area is 184 Å². The summed E-state index contributed by atoms with van der Waals surface area (Å²) in [6.45, 7) is 5.09. The number of hydrogen-bond donors (Lipinski definition) is 4. The van der Waals surface area contributed by atoms with Crippen LogP contribution in [0.15, 0.2) is 48.8 Å². The van der Waals surface area contributed by atoms with Crippen molar-refractivity contribution in [2.45, 2.75) is 32.7 Å². The third-order valence-electron chi connectivity index (χ3n) is 3.36. The van der Waals surface area contributed by atoms with Gasteiger partial charge in [0.25, 0.3) is 0 Å². The van der Waals surface area contributed by atoms with Crippen molar-refractivity contribution in [1.82, 2.24) is 15.1 Å². The zero-order chi connectivity index (χ0) is 23.2. The van der Waals surface area contributed by atoms with Crippen LogP contribution >= 0.6 is 11.6 Å². The van der Waals surface area contributed by atoms with E-state index in [0.29, 0.717) is 41.3 Å². The van der Waals surface area contributed by atoms with Crippen LogP contribution in [0, 0.1) is 0 Å². The first-order valence-electron chi connectivity index (χ1n) is 9.24. The topological polar surface area (TPSA) is 143 Å². The fraction of sp³-hybridized carbons (Fsp3) is 0.350.